The molecular formula is C21H32N2O2. The number of nitrogens with zero attached hydrogens (tertiary/aromatic N) is 1. The molecule has 1 N–H and O–H groups in total. The second kappa shape index (κ2) is 8.93. The average molecular weight is 344 g/mol. The number of hydrogen-bond acceptors (Lipinski definition) is 4. The fraction of sp³-hybridized carbons (Fsp3) is 0.571. The quantitative estimate of drug-likeness (QED) is 0.739. The highest BCUT2D eigenvalue weighted by atomic mass is 16.5. The van der Waals surface area contributed by atoms with Gasteiger partial charge in [0.15, 0.2) is 5.75 Å². The molecule has 1 unspecified atom stereocenters. The van der Waals surface area contributed by atoms with Crippen molar-refractivity contribution in [1.29, 1.82) is 0 Å². The highest BCUT2D eigenvalue weighted by Crippen LogP contribution is 2.33. The summed E-state index contributed by atoms with van der Waals surface area (Å²) < 4.78 is 11.6. The first kappa shape index (κ1) is 19.4. The Labute approximate surface area is 152 Å². The van der Waals surface area contributed by atoms with Crippen molar-refractivity contribution < 1.29 is 9.47 Å². The summed E-state index contributed by atoms with van der Waals surface area (Å²) in [7, 11) is 1.65. The fourth-order valence-electron chi connectivity index (χ4n) is 2.96. The van der Waals surface area contributed by atoms with Crippen molar-refractivity contribution >= 4 is 5.57 Å². The van der Waals surface area contributed by atoms with Gasteiger partial charge in [-0.25, -0.2) is 4.98 Å². The molecule has 0 bridgehead atoms. The molecule has 0 aromatic carbocycles. The van der Waals surface area contributed by atoms with E-state index in [0.717, 1.165) is 36.3 Å². The van der Waals surface area contributed by atoms with Crippen LogP contribution in [0.4, 0.5) is 0 Å². The summed E-state index contributed by atoms with van der Waals surface area (Å²) in [5.74, 6) is 1.85. The monoisotopic (exact) mass is 344 g/mol. The third-order valence-electron chi connectivity index (χ3n) is 4.72. The zero-order chi connectivity index (χ0) is 18.4. The van der Waals surface area contributed by atoms with E-state index < -0.39 is 0 Å². The van der Waals surface area contributed by atoms with Crippen molar-refractivity contribution in [2.24, 2.45) is 5.92 Å². The van der Waals surface area contributed by atoms with Gasteiger partial charge in [0.1, 0.15) is 0 Å². The third-order valence-corrected chi connectivity index (χ3v) is 4.72. The Morgan fingerprint density at radius 1 is 1.20 bits per heavy atom. The number of aromatic nitrogens is 1. The number of allylic oxidation sites excluding steroid dienone is 2. The van der Waals surface area contributed by atoms with E-state index in [1.807, 2.05) is 0 Å². The van der Waals surface area contributed by atoms with Crippen LogP contribution >= 0.6 is 0 Å². The van der Waals surface area contributed by atoms with E-state index in [-0.39, 0.29) is 6.10 Å². The Kier molecular flexibility index (Phi) is 6.91. The lowest BCUT2D eigenvalue weighted by Crippen LogP contribution is -2.29. The number of hydrogen-bond donors (Lipinski definition) is 1. The average Bonchev–Trinajstić information content (AvgIpc) is 2.65. The minimum Gasteiger partial charge on any atom is -0.485 e. The number of rotatable bonds is 8. The van der Waals surface area contributed by atoms with Crippen molar-refractivity contribution in [1.82, 2.24) is 10.3 Å². The molecule has 2 heterocycles. The van der Waals surface area contributed by atoms with Crippen molar-refractivity contribution in [3.63, 3.8) is 0 Å². The van der Waals surface area contributed by atoms with Gasteiger partial charge in [0.25, 0.3) is 5.88 Å². The topological polar surface area (TPSA) is 43.4 Å². The number of dihydropyridines is 1. The van der Waals surface area contributed by atoms with E-state index in [9.17, 15) is 0 Å². The van der Waals surface area contributed by atoms with Crippen LogP contribution in [0.2, 0.25) is 0 Å². The van der Waals surface area contributed by atoms with Gasteiger partial charge >= 0.3 is 0 Å². The summed E-state index contributed by atoms with van der Waals surface area (Å²) in [6.45, 7) is 10.8. The lowest BCUT2D eigenvalue weighted by molar-refractivity contribution is 0.183. The van der Waals surface area contributed by atoms with Gasteiger partial charge in [0.2, 0.25) is 0 Å². The SMILES string of the molecule is CCc1cc(OC(CC)CC)c(OC)nc1C1=CNC(C(C)C)C=C1. The summed E-state index contributed by atoms with van der Waals surface area (Å²) in [5.41, 5.74) is 3.21. The Morgan fingerprint density at radius 3 is 2.40 bits per heavy atom. The van der Waals surface area contributed by atoms with Crippen LogP contribution < -0.4 is 14.8 Å². The molecule has 0 aliphatic carbocycles. The highest BCUT2D eigenvalue weighted by Gasteiger charge is 2.19. The molecule has 0 saturated carbocycles. The summed E-state index contributed by atoms with van der Waals surface area (Å²) in [5, 5.41) is 3.46. The third kappa shape index (κ3) is 4.56. The van der Waals surface area contributed by atoms with E-state index in [2.05, 4.69) is 64.4 Å². The highest BCUT2D eigenvalue weighted by molar-refractivity contribution is 5.75. The van der Waals surface area contributed by atoms with Gasteiger partial charge in [-0.1, -0.05) is 46.8 Å². The molecule has 0 radical (unpaired) electrons. The van der Waals surface area contributed by atoms with Gasteiger partial charge in [-0.3, -0.25) is 0 Å². The maximum Gasteiger partial charge on any atom is 0.257 e. The lowest BCUT2D eigenvalue weighted by atomic mass is 9.97. The molecule has 1 aliphatic rings. The van der Waals surface area contributed by atoms with Crippen LogP contribution in [0.3, 0.4) is 0 Å². The molecule has 25 heavy (non-hydrogen) atoms. The van der Waals surface area contributed by atoms with Crippen molar-refractivity contribution in [3.8, 4) is 11.6 Å². The first-order chi connectivity index (χ1) is 12.0. The van der Waals surface area contributed by atoms with Gasteiger partial charge in [0.05, 0.1) is 18.9 Å². The molecule has 4 nitrogen and oxygen atoms in total. The zero-order valence-corrected chi connectivity index (χ0v) is 16.4. The van der Waals surface area contributed by atoms with Crippen LogP contribution in [-0.4, -0.2) is 24.2 Å². The van der Waals surface area contributed by atoms with Crippen LogP contribution in [0.5, 0.6) is 11.6 Å². The van der Waals surface area contributed by atoms with Gasteiger partial charge in [-0.2, -0.15) is 0 Å². The number of ether oxygens (including phenoxy) is 2. The van der Waals surface area contributed by atoms with Gasteiger partial charge < -0.3 is 14.8 Å². The minimum absolute atomic E-state index is 0.188. The minimum atomic E-state index is 0.188. The zero-order valence-electron chi connectivity index (χ0n) is 16.4. The predicted molar refractivity (Wildman–Crippen MR) is 104 cm³/mol. The Balaban J connectivity index is 2.35. The maximum absolute atomic E-state index is 6.13. The van der Waals surface area contributed by atoms with Crippen LogP contribution in [0.1, 0.15) is 58.7 Å². The summed E-state index contributed by atoms with van der Waals surface area (Å²) in [4.78, 5) is 4.77. The van der Waals surface area contributed by atoms with Crippen LogP contribution in [0.25, 0.3) is 5.57 Å². The standard InChI is InChI=1S/C21H32N2O2/c1-7-15-12-19(25-17(8-2)9-3)21(24-6)23-20(15)16-10-11-18(14(4)5)22-13-16/h10-14,17-18,22H,7-9H2,1-6H3. The Bertz CT molecular complexity index is 631. The number of aryl methyl sites for hydroxylation is 1. The molecule has 0 amide bonds. The van der Waals surface area contributed by atoms with Crippen LogP contribution in [0.15, 0.2) is 24.4 Å². The van der Waals surface area contributed by atoms with Gasteiger partial charge in [-0.05, 0) is 36.8 Å². The molecule has 138 valence electrons. The van der Waals surface area contributed by atoms with Crippen molar-refractivity contribution in [3.05, 3.63) is 35.7 Å². The van der Waals surface area contributed by atoms with Crippen LogP contribution in [-0.2, 0) is 6.42 Å². The lowest BCUT2D eigenvalue weighted by Gasteiger charge is -2.23. The van der Waals surface area contributed by atoms with E-state index in [1.165, 1.54) is 5.56 Å². The second-order valence-corrected chi connectivity index (χ2v) is 6.81. The first-order valence-corrected chi connectivity index (χ1v) is 9.43. The van der Waals surface area contributed by atoms with Gasteiger partial charge in [0, 0.05) is 17.8 Å². The van der Waals surface area contributed by atoms with Crippen molar-refractivity contribution in [2.75, 3.05) is 7.11 Å². The molecule has 4 heteroatoms. The Morgan fingerprint density at radius 2 is 1.92 bits per heavy atom. The molecule has 0 spiro atoms. The molecule has 1 atom stereocenters. The largest absolute Gasteiger partial charge is 0.485 e. The smallest absolute Gasteiger partial charge is 0.257 e. The number of pyridine rings is 1. The number of nitrogens with one attached hydrogen (secondary N) is 1. The summed E-state index contributed by atoms with van der Waals surface area (Å²) in [6, 6.07) is 2.45. The van der Waals surface area contributed by atoms with Crippen LogP contribution in [0, 0.1) is 5.92 Å². The molecule has 2 rings (SSSR count). The normalized spacial score (nSPS) is 16.8. The molecule has 0 saturated heterocycles. The number of methoxy groups -OCH3 is 1. The van der Waals surface area contributed by atoms with E-state index in [0.29, 0.717) is 17.8 Å². The van der Waals surface area contributed by atoms with Gasteiger partial charge in [-0.15, -0.1) is 0 Å². The predicted octanol–water partition coefficient (Wildman–Crippen LogP) is 4.74. The fourth-order valence-corrected chi connectivity index (χ4v) is 2.96. The molecule has 1 aromatic rings. The van der Waals surface area contributed by atoms with E-state index in [1.54, 1.807) is 7.11 Å². The first-order valence-electron chi connectivity index (χ1n) is 9.43. The Hall–Kier alpha value is -1.97. The molecular weight excluding hydrogens is 312 g/mol. The molecule has 1 aromatic heterocycles. The van der Waals surface area contributed by atoms with Crippen molar-refractivity contribution in [2.45, 2.75) is 66.0 Å². The van der Waals surface area contributed by atoms with E-state index >= 15 is 0 Å². The van der Waals surface area contributed by atoms with E-state index in [4.69, 9.17) is 14.5 Å². The second-order valence-electron chi connectivity index (χ2n) is 6.81. The maximum atomic E-state index is 6.13. The molecule has 0 fully saturated rings. The molecule has 1 aliphatic heterocycles. The summed E-state index contributed by atoms with van der Waals surface area (Å²) in [6.07, 6.45) is 9.45. The summed E-state index contributed by atoms with van der Waals surface area (Å²) >= 11 is 0.